The van der Waals surface area contributed by atoms with Gasteiger partial charge < -0.3 is 4.90 Å². The third-order valence-electron chi connectivity index (χ3n) is 3.40. The Morgan fingerprint density at radius 2 is 1.95 bits per heavy atom. The van der Waals surface area contributed by atoms with Crippen LogP contribution in [0.3, 0.4) is 0 Å². The number of nitriles is 1. The number of hydrogen-bond donors (Lipinski definition) is 0. The number of likely N-dealkylation sites (N-methyl/N-ethyl adjacent to an activating group) is 1. The molecule has 1 aliphatic heterocycles. The van der Waals surface area contributed by atoms with Crippen LogP contribution in [-0.2, 0) is 11.3 Å². The molecule has 19 heavy (non-hydrogen) atoms. The van der Waals surface area contributed by atoms with Crippen molar-refractivity contribution in [2.45, 2.75) is 19.4 Å². The number of carbonyl (C=O) groups is 1. The Kier molecular flexibility index (Phi) is 4.53. The molecule has 1 amide bonds. The lowest BCUT2D eigenvalue weighted by atomic mass is 10.1. The molecular weight excluding hydrogens is 238 g/mol. The predicted octanol–water partition coefficient (Wildman–Crippen LogP) is 1.61. The van der Waals surface area contributed by atoms with E-state index < -0.39 is 0 Å². The molecule has 0 aliphatic carbocycles. The molecule has 0 saturated carbocycles. The van der Waals surface area contributed by atoms with E-state index in [1.807, 2.05) is 41.1 Å². The maximum Gasteiger partial charge on any atom is 0.236 e. The average Bonchev–Trinajstić information content (AvgIpc) is 2.93. The van der Waals surface area contributed by atoms with Gasteiger partial charge in [0.15, 0.2) is 0 Å². The number of nitrogens with zero attached hydrogens (tertiary/aromatic N) is 3. The molecule has 0 radical (unpaired) electrons. The van der Waals surface area contributed by atoms with Crippen molar-refractivity contribution in [2.24, 2.45) is 0 Å². The number of benzene rings is 1. The van der Waals surface area contributed by atoms with E-state index >= 15 is 0 Å². The van der Waals surface area contributed by atoms with Crippen LogP contribution < -0.4 is 0 Å². The van der Waals surface area contributed by atoms with E-state index in [1.165, 1.54) is 0 Å². The summed E-state index contributed by atoms with van der Waals surface area (Å²) in [7, 11) is 1.95. The summed E-state index contributed by atoms with van der Waals surface area (Å²) in [6, 6.07) is 9.60. The van der Waals surface area contributed by atoms with E-state index in [4.69, 9.17) is 5.26 Å². The summed E-state index contributed by atoms with van der Waals surface area (Å²) in [5, 5.41) is 8.74. The summed E-state index contributed by atoms with van der Waals surface area (Å²) >= 11 is 0. The van der Waals surface area contributed by atoms with Gasteiger partial charge in [-0.1, -0.05) is 12.1 Å². The van der Waals surface area contributed by atoms with Crippen LogP contribution in [0, 0.1) is 11.3 Å². The lowest BCUT2D eigenvalue weighted by molar-refractivity contribution is -0.131. The Morgan fingerprint density at radius 1 is 1.32 bits per heavy atom. The van der Waals surface area contributed by atoms with E-state index in [0.717, 1.165) is 38.0 Å². The van der Waals surface area contributed by atoms with Gasteiger partial charge in [-0.3, -0.25) is 9.69 Å². The van der Waals surface area contributed by atoms with E-state index in [9.17, 15) is 4.79 Å². The van der Waals surface area contributed by atoms with Crippen LogP contribution >= 0.6 is 0 Å². The lowest BCUT2D eigenvalue weighted by Gasteiger charge is -2.21. The summed E-state index contributed by atoms with van der Waals surface area (Å²) in [5.41, 5.74) is 1.79. The molecule has 4 nitrogen and oxygen atoms in total. The number of likely N-dealkylation sites (tertiary alicyclic amines) is 1. The molecule has 1 fully saturated rings. The fraction of sp³-hybridized carbons (Fsp3) is 0.467. The van der Waals surface area contributed by atoms with Crippen LogP contribution in [0.25, 0.3) is 0 Å². The molecular formula is C15H19N3O. The fourth-order valence-corrected chi connectivity index (χ4v) is 2.35. The van der Waals surface area contributed by atoms with Gasteiger partial charge in [-0.15, -0.1) is 0 Å². The maximum absolute atomic E-state index is 12.0. The molecule has 0 atom stereocenters. The first-order valence-electron chi connectivity index (χ1n) is 6.64. The molecule has 100 valence electrons. The highest BCUT2D eigenvalue weighted by molar-refractivity contribution is 5.78. The van der Waals surface area contributed by atoms with Crippen LogP contribution in [0.15, 0.2) is 24.3 Å². The first-order chi connectivity index (χ1) is 9.19. The van der Waals surface area contributed by atoms with Crippen LogP contribution in [0.5, 0.6) is 0 Å². The number of hydrogen-bond acceptors (Lipinski definition) is 3. The second-order valence-corrected chi connectivity index (χ2v) is 5.07. The van der Waals surface area contributed by atoms with E-state index in [0.29, 0.717) is 12.1 Å². The minimum absolute atomic E-state index is 0.216. The minimum Gasteiger partial charge on any atom is -0.342 e. The number of carbonyl (C=O) groups excluding carboxylic acids is 1. The van der Waals surface area contributed by atoms with Gasteiger partial charge in [-0.2, -0.15) is 5.26 Å². The first-order valence-corrected chi connectivity index (χ1v) is 6.64. The Balaban J connectivity index is 1.84. The Hall–Kier alpha value is -1.86. The van der Waals surface area contributed by atoms with Gasteiger partial charge in [-0.25, -0.2) is 0 Å². The van der Waals surface area contributed by atoms with E-state index in [1.54, 1.807) is 0 Å². The molecule has 2 rings (SSSR count). The molecule has 1 aliphatic rings. The standard InChI is InChI=1S/C15H19N3O/c1-17(12-15(19)18-8-2-3-9-18)11-14-6-4-13(10-16)5-7-14/h4-7H,2-3,8-9,11-12H2,1H3. The van der Waals surface area contributed by atoms with Gasteiger partial charge in [0, 0.05) is 19.6 Å². The predicted molar refractivity (Wildman–Crippen MR) is 73.3 cm³/mol. The Bertz CT molecular complexity index is 469. The van der Waals surface area contributed by atoms with Crippen molar-refractivity contribution in [2.75, 3.05) is 26.7 Å². The summed E-state index contributed by atoms with van der Waals surface area (Å²) in [5.74, 6) is 0.216. The molecule has 0 N–H and O–H groups in total. The van der Waals surface area contributed by atoms with Crippen molar-refractivity contribution >= 4 is 5.91 Å². The molecule has 1 aromatic rings. The fourth-order valence-electron chi connectivity index (χ4n) is 2.35. The average molecular weight is 257 g/mol. The van der Waals surface area contributed by atoms with Crippen LogP contribution in [-0.4, -0.2) is 42.4 Å². The summed E-state index contributed by atoms with van der Waals surface area (Å²) < 4.78 is 0. The zero-order chi connectivity index (χ0) is 13.7. The zero-order valence-electron chi connectivity index (χ0n) is 11.3. The quantitative estimate of drug-likeness (QED) is 0.823. The molecule has 1 aromatic carbocycles. The zero-order valence-corrected chi connectivity index (χ0v) is 11.3. The molecule has 1 saturated heterocycles. The van der Waals surface area contributed by atoms with Gasteiger partial charge in [0.2, 0.25) is 5.91 Å². The largest absolute Gasteiger partial charge is 0.342 e. The summed E-state index contributed by atoms with van der Waals surface area (Å²) in [4.78, 5) is 15.9. The number of rotatable bonds is 4. The van der Waals surface area contributed by atoms with Gasteiger partial charge in [0.05, 0.1) is 18.2 Å². The highest BCUT2D eigenvalue weighted by Crippen LogP contribution is 2.09. The van der Waals surface area contributed by atoms with Crippen molar-refractivity contribution in [3.05, 3.63) is 35.4 Å². The first kappa shape index (κ1) is 13.6. The third kappa shape index (κ3) is 3.80. The van der Waals surface area contributed by atoms with E-state index in [-0.39, 0.29) is 5.91 Å². The molecule has 0 bridgehead atoms. The minimum atomic E-state index is 0.216. The van der Waals surface area contributed by atoms with Crippen LogP contribution in [0.1, 0.15) is 24.0 Å². The molecule has 1 heterocycles. The summed E-state index contributed by atoms with van der Waals surface area (Å²) in [6.45, 7) is 3.00. The number of amides is 1. The highest BCUT2D eigenvalue weighted by atomic mass is 16.2. The van der Waals surface area contributed by atoms with Crippen molar-refractivity contribution in [1.29, 1.82) is 5.26 Å². The molecule has 0 spiro atoms. The molecule has 4 heteroatoms. The van der Waals surface area contributed by atoms with Gasteiger partial charge in [0.1, 0.15) is 0 Å². The summed E-state index contributed by atoms with van der Waals surface area (Å²) in [6.07, 6.45) is 2.26. The van der Waals surface area contributed by atoms with Crippen molar-refractivity contribution in [3.8, 4) is 6.07 Å². The second kappa shape index (κ2) is 6.35. The Morgan fingerprint density at radius 3 is 2.53 bits per heavy atom. The van der Waals surface area contributed by atoms with Crippen molar-refractivity contribution in [3.63, 3.8) is 0 Å². The topological polar surface area (TPSA) is 47.3 Å². The normalized spacial score (nSPS) is 14.7. The van der Waals surface area contributed by atoms with E-state index in [2.05, 4.69) is 6.07 Å². The smallest absolute Gasteiger partial charge is 0.236 e. The Labute approximate surface area is 114 Å². The van der Waals surface area contributed by atoms with Gasteiger partial charge >= 0.3 is 0 Å². The van der Waals surface area contributed by atoms with Crippen molar-refractivity contribution < 1.29 is 4.79 Å². The lowest BCUT2D eigenvalue weighted by Crippen LogP contribution is -2.36. The SMILES string of the molecule is CN(CC(=O)N1CCCC1)Cc1ccc(C#N)cc1. The second-order valence-electron chi connectivity index (χ2n) is 5.07. The monoisotopic (exact) mass is 257 g/mol. The highest BCUT2D eigenvalue weighted by Gasteiger charge is 2.18. The van der Waals surface area contributed by atoms with Crippen LogP contribution in [0.2, 0.25) is 0 Å². The van der Waals surface area contributed by atoms with Crippen LogP contribution in [0.4, 0.5) is 0 Å². The molecule has 0 aromatic heterocycles. The van der Waals surface area contributed by atoms with Crippen molar-refractivity contribution in [1.82, 2.24) is 9.80 Å². The molecule has 0 unspecified atom stereocenters. The third-order valence-corrected chi connectivity index (χ3v) is 3.40. The maximum atomic E-state index is 12.0. The van der Waals surface area contributed by atoms with Gasteiger partial charge in [0.25, 0.3) is 0 Å². The van der Waals surface area contributed by atoms with Gasteiger partial charge in [-0.05, 0) is 37.6 Å².